The molecule has 1 aromatic carbocycles. The van der Waals surface area contributed by atoms with E-state index in [0.29, 0.717) is 5.56 Å². The van der Waals surface area contributed by atoms with Crippen molar-refractivity contribution in [2.45, 2.75) is 19.0 Å². The molecule has 6 heteroatoms. The number of aryl methyl sites for hydroxylation is 1. The molecule has 0 bridgehead atoms. The summed E-state index contributed by atoms with van der Waals surface area (Å²) in [6.45, 7) is 0. The second-order valence-electron chi connectivity index (χ2n) is 3.21. The highest BCUT2D eigenvalue weighted by Gasteiger charge is 2.32. The molecule has 0 unspecified atom stereocenters. The molecule has 16 heavy (non-hydrogen) atoms. The van der Waals surface area contributed by atoms with E-state index in [2.05, 4.69) is 0 Å². The Bertz CT molecular complexity index is 402. The van der Waals surface area contributed by atoms with Gasteiger partial charge in [0.15, 0.2) is 0 Å². The van der Waals surface area contributed by atoms with Gasteiger partial charge < -0.3 is 5.11 Å². The molecular weight excluding hydrogens is 336 g/mol. The maximum atomic E-state index is 12.5. The Morgan fingerprint density at radius 1 is 1.38 bits per heavy atom. The molecule has 0 saturated carbocycles. The quantitative estimate of drug-likeness (QED) is 0.855. The van der Waals surface area contributed by atoms with Gasteiger partial charge in [0.25, 0.3) is 0 Å². The highest BCUT2D eigenvalue weighted by Crippen LogP contribution is 2.33. The van der Waals surface area contributed by atoms with E-state index < -0.39 is 17.7 Å². The van der Waals surface area contributed by atoms with E-state index >= 15 is 0 Å². The number of hydrogen-bond acceptors (Lipinski definition) is 1. The number of carboxylic acid groups (broad SMARTS) is 1. The van der Waals surface area contributed by atoms with E-state index in [1.165, 1.54) is 12.1 Å². The first kappa shape index (κ1) is 13.3. The molecule has 0 atom stereocenters. The fourth-order valence-corrected chi connectivity index (χ4v) is 1.84. The number of rotatable bonds is 3. The summed E-state index contributed by atoms with van der Waals surface area (Å²) in [6.07, 6.45) is -4.46. The summed E-state index contributed by atoms with van der Waals surface area (Å²) in [4.78, 5) is 10.3. The van der Waals surface area contributed by atoms with Crippen LogP contribution in [0.2, 0.25) is 0 Å². The van der Waals surface area contributed by atoms with Crippen LogP contribution < -0.4 is 0 Å². The Morgan fingerprint density at radius 3 is 2.50 bits per heavy atom. The van der Waals surface area contributed by atoms with Crippen LogP contribution in [0.1, 0.15) is 17.5 Å². The summed E-state index contributed by atoms with van der Waals surface area (Å²) >= 11 is 1.61. The van der Waals surface area contributed by atoms with Gasteiger partial charge >= 0.3 is 12.1 Å². The number of carboxylic acids is 1. The SMILES string of the molecule is O=C(O)CCc1ccc(I)c(C(F)(F)F)c1. The van der Waals surface area contributed by atoms with Crippen molar-refractivity contribution >= 4 is 28.6 Å². The zero-order valence-corrected chi connectivity index (χ0v) is 10.2. The van der Waals surface area contributed by atoms with E-state index in [9.17, 15) is 18.0 Å². The monoisotopic (exact) mass is 344 g/mol. The van der Waals surface area contributed by atoms with E-state index in [4.69, 9.17) is 5.11 Å². The van der Waals surface area contributed by atoms with Gasteiger partial charge in [-0.25, -0.2) is 0 Å². The second-order valence-corrected chi connectivity index (χ2v) is 4.37. The molecule has 2 nitrogen and oxygen atoms in total. The molecule has 0 spiro atoms. The lowest BCUT2D eigenvalue weighted by atomic mass is 10.1. The van der Waals surface area contributed by atoms with E-state index in [-0.39, 0.29) is 16.4 Å². The van der Waals surface area contributed by atoms with Gasteiger partial charge in [0.05, 0.1) is 5.56 Å². The van der Waals surface area contributed by atoms with E-state index in [1.54, 1.807) is 22.6 Å². The summed E-state index contributed by atoms with van der Waals surface area (Å²) < 4.78 is 37.6. The normalized spacial score (nSPS) is 11.5. The van der Waals surface area contributed by atoms with Gasteiger partial charge in [-0.2, -0.15) is 13.2 Å². The molecule has 1 N–H and O–H groups in total. The highest BCUT2D eigenvalue weighted by atomic mass is 127. The maximum Gasteiger partial charge on any atom is 0.417 e. The minimum atomic E-state index is -4.39. The van der Waals surface area contributed by atoms with Crippen molar-refractivity contribution in [3.63, 3.8) is 0 Å². The molecular formula is C10H8F3IO2. The fraction of sp³-hybridized carbons (Fsp3) is 0.300. The molecule has 0 saturated heterocycles. The first-order valence-electron chi connectivity index (χ1n) is 4.38. The second kappa shape index (κ2) is 5.03. The van der Waals surface area contributed by atoms with Gasteiger partial charge in [-0.05, 0) is 46.7 Å². The Labute approximate surface area is 104 Å². The molecule has 0 fully saturated rings. The molecule has 0 heterocycles. The number of aliphatic carboxylic acids is 1. The van der Waals surface area contributed by atoms with Crippen LogP contribution in [0.4, 0.5) is 13.2 Å². The number of benzene rings is 1. The first-order valence-corrected chi connectivity index (χ1v) is 5.46. The number of hydrogen-bond donors (Lipinski definition) is 1. The van der Waals surface area contributed by atoms with Crippen molar-refractivity contribution in [3.8, 4) is 0 Å². The lowest BCUT2D eigenvalue weighted by molar-refractivity contribution is -0.138. The lowest BCUT2D eigenvalue weighted by Gasteiger charge is -2.10. The number of carbonyl (C=O) groups is 1. The molecule has 1 aromatic rings. The van der Waals surface area contributed by atoms with Gasteiger partial charge in [-0.1, -0.05) is 6.07 Å². The van der Waals surface area contributed by atoms with E-state index in [1.807, 2.05) is 0 Å². The average molecular weight is 344 g/mol. The molecule has 0 aliphatic carbocycles. The summed E-state index contributed by atoms with van der Waals surface area (Å²) in [7, 11) is 0. The minimum Gasteiger partial charge on any atom is -0.481 e. The van der Waals surface area contributed by atoms with Crippen molar-refractivity contribution in [1.82, 2.24) is 0 Å². The third kappa shape index (κ3) is 3.66. The van der Waals surface area contributed by atoms with Crippen LogP contribution in [-0.2, 0) is 17.4 Å². The van der Waals surface area contributed by atoms with Gasteiger partial charge in [0, 0.05) is 9.99 Å². The van der Waals surface area contributed by atoms with Crippen LogP contribution in [-0.4, -0.2) is 11.1 Å². The van der Waals surface area contributed by atoms with Gasteiger partial charge in [0.2, 0.25) is 0 Å². The molecule has 0 aliphatic rings. The predicted molar refractivity (Wildman–Crippen MR) is 60.1 cm³/mol. The van der Waals surface area contributed by atoms with Crippen molar-refractivity contribution in [2.24, 2.45) is 0 Å². The Kier molecular flexibility index (Phi) is 4.17. The van der Waals surface area contributed by atoms with Crippen LogP contribution >= 0.6 is 22.6 Å². The largest absolute Gasteiger partial charge is 0.481 e. The molecule has 0 radical (unpaired) electrons. The molecule has 88 valence electrons. The zero-order valence-electron chi connectivity index (χ0n) is 8.01. The summed E-state index contributed by atoms with van der Waals surface area (Å²) in [5, 5.41) is 8.43. The molecule has 1 rings (SSSR count). The Morgan fingerprint density at radius 2 is 2.00 bits per heavy atom. The Hall–Kier alpha value is -0.790. The van der Waals surface area contributed by atoms with Crippen molar-refractivity contribution in [3.05, 3.63) is 32.9 Å². The number of alkyl halides is 3. The fourth-order valence-electron chi connectivity index (χ4n) is 1.20. The lowest BCUT2D eigenvalue weighted by Crippen LogP contribution is -2.08. The first-order chi connectivity index (χ1) is 7.30. The van der Waals surface area contributed by atoms with Gasteiger partial charge in [-0.3, -0.25) is 4.79 Å². The summed E-state index contributed by atoms with van der Waals surface area (Å²) in [6, 6.07) is 3.87. The van der Waals surface area contributed by atoms with Crippen molar-refractivity contribution in [2.75, 3.05) is 0 Å². The number of halogens is 4. The van der Waals surface area contributed by atoms with Crippen LogP contribution in [0.25, 0.3) is 0 Å². The molecule has 0 aliphatic heterocycles. The Balaban J connectivity index is 2.94. The third-order valence-electron chi connectivity index (χ3n) is 1.96. The zero-order chi connectivity index (χ0) is 12.3. The van der Waals surface area contributed by atoms with Crippen LogP contribution in [0.15, 0.2) is 18.2 Å². The standard InChI is InChI=1S/C10H8F3IO2/c11-10(12,13)7-5-6(1-3-8(7)14)2-4-9(15)16/h1,3,5H,2,4H2,(H,15,16). The van der Waals surface area contributed by atoms with Crippen LogP contribution in [0.5, 0.6) is 0 Å². The van der Waals surface area contributed by atoms with Gasteiger partial charge in [-0.15, -0.1) is 0 Å². The third-order valence-corrected chi connectivity index (χ3v) is 2.90. The van der Waals surface area contributed by atoms with E-state index in [0.717, 1.165) is 6.07 Å². The van der Waals surface area contributed by atoms with Crippen molar-refractivity contribution in [1.29, 1.82) is 0 Å². The minimum absolute atomic E-state index is 0.106. The smallest absolute Gasteiger partial charge is 0.417 e. The van der Waals surface area contributed by atoms with Gasteiger partial charge in [0.1, 0.15) is 0 Å². The maximum absolute atomic E-state index is 12.5. The van der Waals surface area contributed by atoms with Crippen molar-refractivity contribution < 1.29 is 23.1 Å². The summed E-state index contributed by atoms with van der Waals surface area (Å²) in [5.74, 6) is -1.02. The topological polar surface area (TPSA) is 37.3 Å². The van der Waals surface area contributed by atoms with Crippen LogP contribution in [0, 0.1) is 3.57 Å². The molecule has 0 amide bonds. The van der Waals surface area contributed by atoms with Crippen LogP contribution in [0.3, 0.4) is 0 Å². The highest BCUT2D eigenvalue weighted by molar-refractivity contribution is 14.1. The summed E-state index contributed by atoms with van der Waals surface area (Å²) in [5.41, 5.74) is -0.328. The molecule has 0 aromatic heterocycles. The average Bonchev–Trinajstić information content (AvgIpc) is 2.14. The predicted octanol–water partition coefficient (Wildman–Crippen LogP) is 3.33.